The highest BCUT2D eigenvalue weighted by Gasteiger charge is 2.33. The molecule has 0 fully saturated rings. The Morgan fingerprint density at radius 3 is 2.31 bits per heavy atom. The van der Waals surface area contributed by atoms with Crippen LogP contribution in [0.3, 0.4) is 0 Å². The summed E-state index contributed by atoms with van der Waals surface area (Å²) in [7, 11) is 0. The van der Waals surface area contributed by atoms with Crippen molar-refractivity contribution in [1.82, 2.24) is 0 Å². The topological polar surface area (TPSA) is 26.3 Å². The number of hydrogen-bond acceptors (Lipinski definition) is 2. The maximum absolute atomic E-state index is 11.2. The average molecular weight is 257 g/mol. The maximum atomic E-state index is 11.2. The Morgan fingerprint density at radius 2 is 1.88 bits per heavy atom. The maximum Gasteiger partial charge on any atom is 0.352 e. The van der Waals surface area contributed by atoms with Gasteiger partial charge in [0, 0.05) is 0 Å². The fourth-order valence-corrected chi connectivity index (χ4v) is 1.96. The molecule has 1 aromatic carbocycles. The Bertz CT molecular complexity index is 449. The average Bonchev–Trinajstić information content (AvgIpc) is 2.57. The molecule has 1 unspecified atom stereocenters. The standard InChI is InChI=1S/C12H10Cl2O2/c1-2-7-3-5-8(6-4-7)11-9(13)10(14)12(15)16-11/h3-6,11H,2H2,1H3. The van der Waals surface area contributed by atoms with Gasteiger partial charge in [-0.2, -0.15) is 0 Å². The van der Waals surface area contributed by atoms with E-state index in [0.29, 0.717) is 0 Å². The smallest absolute Gasteiger partial charge is 0.352 e. The summed E-state index contributed by atoms with van der Waals surface area (Å²) in [6.07, 6.45) is 0.419. The van der Waals surface area contributed by atoms with Gasteiger partial charge in [-0.15, -0.1) is 0 Å². The third kappa shape index (κ3) is 1.95. The summed E-state index contributed by atoms with van der Waals surface area (Å²) in [5, 5.41) is 0.238. The van der Waals surface area contributed by atoms with Crippen LogP contribution in [0.4, 0.5) is 0 Å². The normalized spacial score (nSPS) is 20.2. The highest BCUT2D eigenvalue weighted by Crippen LogP contribution is 2.39. The van der Waals surface area contributed by atoms with Gasteiger partial charge in [0.25, 0.3) is 0 Å². The minimum atomic E-state index is -0.559. The second-order valence-electron chi connectivity index (χ2n) is 3.54. The van der Waals surface area contributed by atoms with Gasteiger partial charge in [-0.3, -0.25) is 0 Å². The predicted octanol–water partition coefficient (Wildman–Crippen LogP) is 3.54. The van der Waals surface area contributed by atoms with Crippen LogP contribution in [0.1, 0.15) is 24.2 Å². The Morgan fingerprint density at radius 1 is 1.25 bits per heavy atom. The van der Waals surface area contributed by atoms with Crippen molar-refractivity contribution >= 4 is 29.2 Å². The number of aryl methyl sites for hydroxylation is 1. The number of rotatable bonds is 2. The first-order chi connectivity index (χ1) is 7.63. The molecule has 1 atom stereocenters. The van der Waals surface area contributed by atoms with E-state index in [4.69, 9.17) is 27.9 Å². The van der Waals surface area contributed by atoms with Gasteiger partial charge < -0.3 is 4.74 Å². The molecule has 1 aliphatic rings. The molecule has 0 radical (unpaired) electrons. The van der Waals surface area contributed by atoms with E-state index in [2.05, 4.69) is 6.92 Å². The van der Waals surface area contributed by atoms with E-state index in [0.717, 1.165) is 12.0 Å². The summed E-state index contributed by atoms with van der Waals surface area (Å²) in [4.78, 5) is 11.2. The molecule has 2 rings (SSSR count). The van der Waals surface area contributed by atoms with E-state index in [9.17, 15) is 4.79 Å². The van der Waals surface area contributed by atoms with Crippen molar-refractivity contribution in [3.05, 3.63) is 45.5 Å². The molecular formula is C12H10Cl2O2. The lowest BCUT2D eigenvalue weighted by atomic mass is 10.1. The number of esters is 1. The minimum absolute atomic E-state index is 0.0220. The van der Waals surface area contributed by atoms with Crippen molar-refractivity contribution < 1.29 is 9.53 Å². The highest BCUT2D eigenvalue weighted by molar-refractivity contribution is 6.48. The van der Waals surface area contributed by atoms with E-state index in [1.165, 1.54) is 5.56 Å². The van der Waals surface area contributed by atoms with Gasteiger partial charge in [-0.05, 0) is 17.5 Å². The van der Waals surface area contributed by atoms with E-state index >= 15 is 0 Å². The molecule has 4 heteroatoms. The molecule has 0 aliphatic carbocycles. The van der Waals surface area contributed by atoms with Gasteiger partial charge in [-0.25, -0.2) is 4.79 Å². The first-order valence-corrected chi connectivity index (χ1v) is 5.74. The lowest BCUT2D eigenvalue weighted by molar-refractivity contribution is -0.139. The number of carbonyl (C=O) groups excluding carboxylic acids is 1. The van der Waals surface area contributed by atoms with Crippen LogP contribution in [-0.4, -0.2) is 5.97 Å². The molecule has 0 aromatic heterocycles. The van der Waals surface area contributed by atoms with Crippen LogP contribution in [0.25, 0.3) is 0 Å². The van der Waals surface area contributed by atoms with E-state index in [1.807, 2.05) is 24.3 Å². The van der Waals surface area contributed by atoms with E-state index in [-0.39, 0.29) is 10.1 Å². The van der Waals surface area contributed by atoms with Crippen LogP contribution in [0.5, 0.6) is 0 Å². The summed E-state index contributed by atoms with van der Waals surface area (Å²) >= 11 is 11.6. The van der Waals surface area contributed by atoms with Crippen molar-refractivity contribution in [2.75, 3.05) is 0 Å². The highest BCUT2D eigenvalue weighted by atomic mass is 35.5. The molecule has 1 heterocycles. The Kier molecular flexibility index (Phi) is 3.22. The SMILES string of the molecule is CCc1ccc(C2OC(=O)C(Cl)=C2Cl)cc1. The first kappa shape index (κ1) is 11.5. The van der Waals surface area contributed by atoms with Gasteiger partial charge in [0.1, 0.15) is 5.03 Å². The quantitative estimate of drug-likeness (QED) is 0.757. The number of cyclic esters (lactones) is 1. The third-order valence-electron chi connectivity index (χ3n) is 2.53. The van der Waals surface area contributed by atoms with E-state index < -0.39 is 12.1 Å². The number of halogens is 2. The largest absolute Gasteiger partial charge is 0.447 e. The monoisotopic (exact) mass is 256 g/mol. The van der Waals surface area contributed by atoms with Gasteiger partial charge >= 0.3 is 5.97 Å². The van der Waals surface area contributed by atoms with E-state index in [1.54, 1.807) is 0 Å². The lowest BCUT2D eigenvalue weighted by Crippen LogP contribution is -2.01. The van der Waals surface area contributed by atoms with Crippen molar-refractivity contribution in [3.8, 4) is 0 Å². The molecule has 1 aliphatic heterocycles. The van der Waals surface area contributed by atoms with Gasteiger partial charge in [-0.1, -0.05) is 54.4 Å². The molecule has 0 bridgehead atoms. The van der Waals surface area contributed by atoms with Crippen LogP contribution in [0.2, 0.25) is 0 Å². The molecule has 0 N–H and O–H groups in total. The second-order valence-corrected chi connectivity index (χ2v) is 4.33. The molecule has 84 valence electrons. The predicted molar refractivity (Wildman–Crippen MR) is 63.4 cm³/mol. The fourth-order valence-electron chi connectivity index (χ4n) is 1.57. The fraction of sp³-hybridized carbons (Fsp3) is 0.250. The van der Waals surface area contributed by atoms with Gasteiger partial charge in [0.2, 0.25) is 0 Å². The van der Waals surface area contributed by atoms with Crippen LogP contribution >= 0.6 is 23.2 Å². The molecule has 1 aromatic rings. The zero-order valence-corrected chi connectivity index (χ0v) is 10.2. The molecule has 2 nitrogen and oxygen atoms in total. The number of benzene rings is 1. The Balaban J connectivity index is 2.29. The molecular weight excluding hydrogens is 247 g/mol. The number of ether oxygens (including phenoxy) is 1. The summed E-state index contributed by atoms with van der Waals surface area (Å²) < 4.78 is 5.07. The zero-order valence-electron chi connectivity index (χ0n) is 8.67. The Hall–Kier alpha value is -0.990. The number of hydrogen-bond donors (Lipinski definition) is 0. The molecule has 0 spiro atoms. The van der Waals surface area contributed by atoms with Crippen molar-refractivity contribution in [2.24, 2.45) is 0 Å². The number of carbonyl (C=O) groups is 1. The second kappa shape index (κ2) is 4.48. The summed E-state index contributed by atoms with van der Waals surface area (Å²) in [6.45, 7) is 2.08. The minimum Gasteiger partial charge on any atom is -0.447 e. The third-order valence-corrected chi connectivity index (χ3v) is 3.38. The summed E-state index contributed by atoms with van der Waals surface area (Å²) in [5.41, 5.74) is 2.06. The first-order valence-electron chi connectivity index (χ1n) is 4.98. The molecule has 0 saturated carbocycles. The van der Waals surface area contributed by atoms with Crippen LogP contribution < -0.4 is 0 Å². The molecule has 0 amide bonds. The Labute approximate surface area is 104 Å². The lowest BCUT2D eigenvalue weighted by Gasteiger charge is -2.10. The van der Waals surface area contributed by atoms with Crippen LogP contribution in [0, 0.1) is 0 Å². The van der Waals surface area contributed by atoms with Crippen molar-refractivity contribution in [3.63, 3.8) is 0 Å². The van der Waals surface area contributed by atoms with Crippen LogP contribution in [-0.2, 0) is 16.0 Å². The van der Waals surface area contributed by atoms with Gasteiger partial charge in [0.05, 0.1) is 5.03 Å². The molecule has 0 saturated heterocycles. The van der Waals surface area contributed by atoms with Crippen LogP contribution in [0.15, 0.2) is 34.3 Å². The van der Waals surface area contributed by atoms with Crippen molar-refractivity contribution in [1.29, 1.82) is 0 Å². The molecule has 16 heavy (non-hydrogen) atoms. The van der Waals surface area contributed by atoms with Crippen molar-refractivity contribution in [2.45, 2.75) is 19.4 Å². The van der Waals surface area contributed by atoms with Gasteiger partial charge in [0.15, 0.2) is 6.10 Å². The summed E-state index contributed by atoms with van der Waals surface area (Å²) in [6, 6.07) is 7.77. The zero-order chi connectivity index (χ0) is 11.7. The summed E-state index contributed by atoms with van der Waals surface area (Å²) in [5.74, 6) is -0.559.